The van der Waals surface area contributed by atoms with E-state index in [-0.39, 0.29) is 41.5 Å². The van der Waals surface area contributed by atoms with E-state index in [1.807, 2.05) is 12.1 Å². The average molecular weight is 457 g/mol. The number of fused-ring (bicyclic) bond motifs is 5. The van der Waals surface area contributed by atoms with Gasteiger partial charge in [0.15, 0.2) is 11.6 Å². The molecule has 0 radical (unpaired) electrons. The van der Waals surface area contributed by atoms with Gasteiger partial charge in [0.2, 0.25) is 0 Å². The summed E-state index contributed by atoms with van der Waals surface area (Å²) in [4.78, 5) is 27.4. The van der Waals surface area contributed by atoms with E-state index in [0.29, 0.717) is 10.0 Å². The van der Waals surface area contributed by atoms with E-state index in [0.717, 1.165) is 41.5 Å². The maximum atomic E-state index is 13.8. The van der Waals surface area contributed by atoms with Crippen molar-refractivity contribution in [2.75, 3.05) is 0 Å². The molecule has 31 heavy (non-hydrogen) atoms. The number of ketones is 2. The van der Waals surface area contributed by atoms with Crippen LogP contribution in [-0.2, 0) is 27.2 Å². The summed E-state index contributed by atoms with van der Waals surface area (Å²) >= 11 is 12.5. The van der Waals surface area contributed by atoms with Gasteiger partial charge in [-0.15, -0.1) is 0 Å². The van der Waals surface area contributed by atoms with Crippen molar-refractivity contribution in [1.82, 2.24) is 0 Å². The van der Waals surface area contributed by atoms with Crippen LogP contribution in [0.3, 0.4) is 0 Å². The molecule has 2 aromatic rings. The normalized spacial score (nSPS) is 31.5. The monoisotopic (exact) mass is 456 g/mol. The zero-order chi connectivity index (χ0) is 22.0. The topological polar surface area (TPSA) is 43.4 Å². The first kappa shape index (κ1) is 21.2. The summed E-state index contributed by atoms with van der Waals surface area (Å²) < 4.78 is 6.22. The van der Waals surface area contributed by atoms with Crippen molar-refractivity contribution in [2.45, 2.75) is 64.1 Å². The van der Waals surface area contributed by atoms with Crippen LogP contribution in [0, 0.1) is 18.8 Å². The van der Waals surface area contributed by atoms with Crippen LogP contribution in [0.25, 0.3) is 0 Å². The summed E-state index contributed by atoms with van der Waals surface area (Å²) in [5.74, 6) is -1.24. The van der Waals surface area contributed by atoms with E-state index in [4.69, 9.17) is 27.9 Å². The minimum atomic E-state index is -0.656. The number of halogens is 2. The SMILES string of the molecule is CCc1cc(C)cc(CC)c1C1C(=O)[C@@H]2[C@@H]3O[C@@H](C[C@H]3c3cc(Cl)cc(Cl)c3)[C@@H]2C1=O. The molecular weight excluding hydrogens is 431 g/mol. The number of rotatable bonds is 4. The van der Waals surface area contributed by atoms with Crippen LogP contribution in [0.5, 0.6) is 0 Å². The van der Waals surface area contributed by atoms with Gasteiger partial charge in [-0.05, 0) is 66.6 Å². The molecule has 3 fully saturated rings. The minimum Gasteiger partial charge on any atom is -0.373 e. The summed E-state index contributed by atoms with van der Waals surface area (Å²) in [5, 5.41) is 1.15. The molecule has 2 bridgehead atoms. The molecule has 0 N–H and O–H groups in total. The van der Waals surface area contributed by atoms with Crippen molar-refractivity contribution in [3.63, 3.8) is 0 Å². The number of benzene rings is 2. The van der Waals surface area contributed by atoms with Crippen LogP contribution < -0.4 is 0 Å². The summed E-state index contributed by atoms with van der Waals surface area (Å²) in [5.41, 5.74) is 5.37. The third-order valence-corrected chi connectivity index (χ3v) is 7.88. The van der Waals surface area contributed by atoms with Gasteiger partial charge in [-0.3, -0.25) is 9.59 Å². The molecule has 3 aliphatic rings. The largest absolute Gasteiger partial charge is 0.373 e. The van der Waals surface area contributed by atoms with Crippen molar-refractivity contribution in [3.05, 3.63) is 68.2 Å². The lowest BCUT2D eigenvalue weighted by Crippen LogP contribution is -2.34. The molecule has 0 spiro atoms. The second-order valence-corrected chi connectivity index (χ2v) is 10.1. The first-order valence-electron chi connectivity index (χ1n) is 11.1. The van der Waals surface area contributed by atoms with Gasteiger partial charge in [-0.1, -0.05) is 54.7 Å². The van der Waals surface area contributed by atoms with E-state index >= 15 is 0 Å². The maximum absolute atomic E-state index is 13.8. The highest BCUT2D eigenvalue weighted by Gasteiger charge is 2.66. The number of hydrogen-bond donors (Lipinski definition) is 0. The van der Waals surface area contributed by atoms with E-state index in [2.05, 4.69) is 32.9 Å². The van der Waals surface area contributed by atoms with Crippen LogP contribution in [0.15, 0.2) is 30.3 Å². The summed E-state index contributed by atoms with van der Waals surface area (Å²) in [6.45, 7) is 6.26. The van der Waals surface area contributed by atoms with Crippen LogP contribution in [-0.4, -0.2) is 23.8 Å². The van der Waals surface area contributed by atoms with Crippen molar-refractivity contribution >= 4 is 34.8 Å². The van der Waals surface area contributed by atoms with Gasteiger partial charge in [0.1, 0.15) is 5.92 Å². The standard InChI is InChI=1S/C26H26Cl2O3/c1-4-13-6-12(3)7-14(5-2)20(13)22-24(29)21-19-11-18(26(31-19)23(21)25(22)30)15-8-16(27)10-17(28)9-15/h6-10,18-19,21-23,26H,4-5,11H2,1-3H3/t18-,19-,21-,22?,23+,26+/m0/s1. The lowest BCUT2D eigenvalue weighted by Gasteiger charge is -2.26. The van der Waals surface area contributed by atoms with Gasteiger partial charge in [0.05, 0.1) is 24.0 Å². The van der Waals surface area contributed by atoms with Crippen molar-refractivity contribution in [3.8, 4) is 0 Å². The highest BCUT2D eigenvalue weighted by molar-refractivity contribution is 6.34. The molecule has 2 aliphatic heterocycles. The maximum Gasteiger partial charge on any atom is 0.154 e. The Balaban J connectivity index is 1.54. The molecule has 2 heterocycles. The lowest BCUT2D eigenvalue weighted by molar-refractivity contribution is -0.127. The Hall–Kier alpha value is -1.68. The van der Waals surface area contributed by atoms with Gasteiger partial charge < -0.3 is 4.74 Å². The molecule has 1 saturated carbocycles. The Morgan fingerprint density at radius 3 is 2.06 bits per heavy atom. The van der Waals surface area contributed by atoms with Crippen LogP contribution in [0.1, 0.15) is 59.9 Å². The second kappa shape index (κ2) is 7.72. The molecule has 2 saturated heterocycles. The number of ether oxygens (including phenoxy) is 1. The number of aryl methyl sites for hydroxylation is 3. The number of carbonyl (C=O) groups excluding carboxylic acids is 2. The Bertz CT molecular complexity index is 1050. The van der Waals surface area contributed by atoms with Crippen molar-refractivity contribution in [2.24, 2.45) is 11.8 Å². The van der Waals surface area contributed by atoms with Gasteiger partial charge >= 0.3 is 0 Å². The lowest BCUT2D eigenvalue weighted by atomic mass is 9.73. The first-order valence-corrected chi connectivity index (χ1v) is 11.9. The van der Waals surface area contributed by atoms with Gasteiger partial charge in [0, 0.05) is 16.0 Å². The fraction of sp³-hybridized carbons (Fsp3) is 0.462. The van der Waals surface area contributed by atoms with E-state index < -0.39 is 5.92 Å². The molecule has 0 amide bonds. The smallest absolute Gasteiger partial charge is 0.154 e. The van der Waals surface area contributed by atoms with Crippen LogP contribution >= 0.6 is 23.2 Å². The number of hydrogen-bond acceptors (Lipinski definition) is 3. The Kier molecular flexibility index (Phi) is 5.28. The molecule has 2 aromatic carbocycles. The Labute approximate surface area is 193 Å². The van der Waals surface area contributed by atoms with E-state index in [1.165, 1.54) is 5.56 Å². The summed E-state index contributed by atoms with van der Waals surface area (Å²) in [7, 11) is 0. The highest BCUT2D eigenvalue weighted by atomic mass is 35.5. The third kappa shape index (κ3) is 3.20. The van der Waals surface area contributed by atoms with Gasteiger partial charge in [-0.2, -0.15) is 0 Å². The van der Waals surface area contributed by atoms with E-state index in [1.54, 1.807) is 6.07 Å². The van der Waals surface area contributed by atoms with Gasteiger partial charge in [-0.25, -0.2) is 0 Å². The summed E-state index contributed by atoms with van der Waals surface area (Å²) in [6, 6.07) is 9.77. The fourth-order valence-electron chi connectivity index (χ4n) is 6.27. The molecule has 1 aliphatic carbocycles. The van der Waals surface area contributed by atoms with Crippen molar-refractivity contribution in [1.29, 1.82) is 0 Å². The molecule has 6 atom stereocenters. The van der Waals surface area contributed by atoms with Gasteiger partial charge in [0.25, 0.3) is 0 Å². The molecule has 5 heteroatoms. The second-order valence-electron chi connectivity index (χ2n) is 9.18. The fourth-order valence-corrected chi connectivity index (χ4v) is 6.81. The van der Waals surface area contributed by atoms with E-state index in [9.17, 15) is 9.59 Å². The molecule has 0 aromatic heterocycles. The zero-order valence-electron chi connectivity index (χ0n) is 18.0. The molecular formula is C26H26Cl2O3. The average Bonchev–Trinajstić information content (AvgIpc) is 3.38. The predicted molar refractivity (Wildman–Crippen MR) is 122 cm³/mol. The predicted octanol–water partition coefficient (Wildman–Crippen LogP) is 5.85. The Morgan fingerprint density at radius 1 is 0.903 bits per heavy atom. The highest BCUT2D eigenvalue weighted by Crippen LogP contribution is 2.57. The number of Topliss-reactive ketones (excluding diaryl/α,β-unsaturated/α-hetero) is 2. The molecule has 5 rings (SSSR count). The zero-order valence-corrected chi connectivity index (χ0v) is 19.5. The first-order chi connectivity index (χ1) is 14.8. The third-order valence-electron chi connectivity index (χ3n) is 7.44. The Morgan fingerprint density at radius 2 is 1.48 bits per heavy atom. The molecule has 3 nitrogen and oxygen atoms in total. The molecule has 162 valence electrons. The minimum absolute atomic E-state index is 0.0345. The van der Waals surface area contributed by atoms with Crippen LogP contribution in [0.4, 0.5) is 0 Å². The van der Waals surface area contributed by atoms with Crippen LogP contribution in [0.2, 0.25) is 10.0 Å². The summed E-state index contributed by atoms with van der Waals surface area (Å²) in [6.07, 6.45) is 1.85. The molecule has 1 unspecified atom stereocenters. The van der Waals surface area contributed by atoms with Crippen molar-refractivity contribution < 1.29 is 14.3 Å². The quantitative estimate of drug-likeness (QED) is 0.541. The number of carbonyl (C=O) groups is 2.